The minimum atomic E-state index is -0.464. The van der Waals surface area contributed by atoms with Crippen LogP contribution in [0.2, 0.25) is 0 Å². The zero-order valence-corrected chi connectivity index (χ0v) is 9.78. The third kappa shape index (κ3) is 2.21. The summed E-state index contributed by atoms with van der Waals surface area (Å²) in [7, 11) is 0. The van der Waals surface area contributed by atoms with Crippen LogP contribution in [0.3, 0.4) is 0 Å². The predicted octanol–water partition coefficient (Wildman–Crippen LogP) is 0.0892. The third-order valence-electron chi connectivity index (χ3n) is 3.36. The lowest BCUT2D eigenvalue weighted by Crippen LogP contribution is -2.47. The molecule has 2 aliphatic rings. The van der Waals surface area contributed by atoms with Crippen LogP contribution in [-0.4, -0.2) is 48.9 Å². The molecule has 2 fully saturated rings. The number of nitrogens with zero attached hydrogens (tertiary/aromatic N) is 1. The molecule has 1 spiro atoms. The highest BCUT2D eigenvalue weighted by molar-refractivity contribution is 5.75. The largest absolute Gasteiger partial charge is 0.347 e. The van der Waals surface area contributed by atoms with E-state index in [0.29, 0.717) is 19.6 Å². The Balaban J connectivity index is 1.87. The monoisotopic (exact) mass is 228 g/mol. The fourth-order valence-corrected chi connectivity index (χ4v) is 2.32. The first-order valence-electron chi connectivity index (χ1n) is 5.99. The van der Waals surface area contributed by atoms with Crippen LogP contribution < -0.4 is 5.73 Å². The van der Waals surface area contributed by atoms with Crippen molar-refractivity contribution in [2.45, 2.75) is 38.1 Å². The van der Waals surface area contributed by atoms with Gasteiger partial charge in [0, 0.05) is 38.9 Å². The summed E-state index contributed by atoms with van der Waals surface area (Å²) < 4.78 is 11.5. The Bertz CT molecular complexity index is 262. The lowest BCUT2D eigenvalue weighted by Gasteiger charge is -2.37. The van der Waals surface area contributed by atoms with Crippen molar-refractivity contribution in [3.05, 3.63) is 0 Å². The number of likely N-dealkylation sites (tertiary alicyclic amines) is 1. The van der Waals surface area contributed by atoms with E-state index in [4.69, 9.17) is 15.2 Å². The van der Waals surface area contributed by atoms with Gasteiger partial charge in [-0.2, -0.15) is 0 Å². The van der Waals surface area contributed by atoms with Crippen molar-refractivity contribution in [2.75, 3.05) is 26.2 Å². The smallest absolute Gasteiger partial charge is 0.222 e. The molecule has 2 saturated heterocycles. The van der Waals surface area contributed by atoms with Crippen molar-refractivity contribution >= 4 is 5.91 Å². The molecule has 0 aromatic carbocycles. The van der Waals surface area contributed by atoms with E-state index in [1.54, 1.807) is 0 Å². The molecular weight excluding hydrogens is 208 g/mol. The molecule has 0 aromatic heterocycles. The van der Waals surface area contributed by atoms with Gasteiger partial charge in [-0.3, -0.25) is 4.79 Å². The Labute approximate surface area is 95.9 Å². The lowest BCUT2D eigenvalue weighted by molar-refractivity contribution is -0.195. The van der Waals surface area contributed by atoms with Gasteiger partial charge in [0.15, 0.2) is 5.79 Å². The van der Waals surface area contributed by atoms with Crippen molar-refractivity contribution in [1.29, 1.82) is 0 Å². The maximum atomic E-state index is 11.5. The Hall–Kier alpha value is -0.650. The SMILES string of the molecule is CCC(=O)N1CCC2(CC1)OCC(CN)O2. The second kappa shape index (κ2) is 4.69. The number of hydrogen-bond acceptors (Lipinski definition) is 4. The number of carbonyl (C=O) groups is 1. The number of nitrogens with two attached hydrogens (primary N) is 1. The number of carbonyl (C=O) groups excluding carboxylic acids is 1. The third-order valence-corrected chi connectivity index (χ3v) is 3.36. The summed E-state index contributed by atoms with van der Waals surface area (Å²) in [4.78, 5) is 13.4. The highest BCUT2D eigenvalue weighted by Crippen LogP contribution is 2.33. The van der Waals surface area contributed by atoms with Crippen molar-refractivity contribution in [3.63, 3.8) is 0 Å². The minimum absolute atomic E-state index is 0.0217. The maximum Gasteiger partial charge on any atom is 0.222 e. The highest BCUT2D eigenvalue weighted by Gasteiger charge is 2.43. The van der Waals surface area contributed by atoms with E-state index in [1.807, 2.05) is 11.8 Å². The van der Waals surface area contributed by atoms with E-state index in [9.17, 15) is 4.79 Å². The van der Waals surface area contributed by atoms with Gasteiger partial charge in [0.2, 0.25) is 5.91 Å². The Kier molecular flexibility index (Phi) is 3.47. The Morgan fingerprint density at radius 2 is 2.19 bits per heavy atom. The van der Waals surface area contributed by atoms with Crippen LogP contribution in [0.15, 0.2) is 0 Å². The van der Waals surface area contributed by atoms with Gasteiger partial charge in [0.05, 0.1) is 12.7 Å². The van der Waals surface area contributed by atoms with Gasteiger partial charge in [0.1, 0.15) is 0 Å². The zero-order chi connectivity index (χ0) is 11.6. The molecule has 2 rings (SSSR count). The van der Waals surface area contributed by atoms with Gasteiger partial charge in [-0.1, -0.05) is 6.92 Å². The van der Waals surface area contributed by atoms with E-state index in [2.05, 4.69) is 0 Å². The first-order chi connectivity index (χ1) is 7.69. The van der Waals surface area contributed by atoms with Gasteiger partial charge in [0.25, 0.3) is 0 Å². The van der Waals surface area contributed by atoms with Crippen LogP contribution in [0.25, 0.3) is 0 Å². The first-order valence-corrected chi connectivity index (χ1v) is 5.99. The summed E-state index contributed by atoms with van der Waals surface area (Å²) >= 11 is 0. The van der Waals surface area contributed by atoms with Crippen LogP contribution in [0, 0.1) is 0 Å². The van der Waals surface area contributed by atoms with Gasteiger partial charge in [-0.25, -0.2) is 0 Å². The lowest BCUT2D eigenvalue weighted by atomic mass is 10.0. The normalized spacial score (nSPS) is 28.6. The number of rotatable bonds is 2. The van der Waals surface area contributed by atoms with Crippen molar-refractivity contribution in [2.24, 2.45) is 5.73 Å². The molecule has 92 valence electrons. The van der Waals surface area contributed by atoms with Crippen LogP contribution in [0.1, 0.15) is 26.2 Å². The van der Waals surface area contributed by atoms with Crippen LogP contribution in [0.4, 0.5) is 0 Å². The van der Waals surface area contributed by atoms with Crippen molar-refractivity contribution in [3.8, 4) is 0 Å². The maximum absolute atomic E-state index is 11.5. The van der Waals surface area contributed by atoms with Gasteiger partial charge in [-0.05, 0) is 0 Å². The molecule has 5 heteroatoms. The number of ether oxygens (including phenoxy) is 2. The number of amides is 1. The topological polar surface area (TPSA) is 64.8 Å². The first kappa shape index (κ1) is 11.8. The summed E-state index contributed by atoms with van der Waals surface area (Å²) in [5, 5.41) is 0. The van der Waals surface area contributed by atoms with E-state index < -0.39 is 5.79 Å². The predicted molar refractivity (Wildman–Crippen MR) is 58.7 cm³/mol. The minimum Gasteiger partial charge on any atom is -0.347 e. The molecular formula is C11H20N2O3. The molecule has 1 atom stereocenters. The van der Waals surface area contributed by atoms with Crippen LogP contribution in [-0.2, 0) is 14.3 Å². The molecule has 1 amide bonds. The molecule has 2 heterocycles. The average molecular weight is 228 g/mol. The van der Waals surface area contributed by atoms with E-state index >= 15 is 0 Å². The van der Waals surface area contributed by atoms with E-state index in [0.717, 1.165) is 25.9 Å². The number of piperidine rings is 1. The second-order valence-corrected chi connectivity index (χ2v) is 4.43. The summed E-state index contributed by atoms with van der Waals surface area (Å²) in [5.41, 5.74) is 5.55. The van der Waals surface area contributed by atoms with E-state index in [-0.39, 0.29) is 12.0 Å². The summed E-state index contributed by atoms with van der Waals surface area (Å²) in [6, 6.07) is 0. The van der Waals surface area contributed by atoms with Crippen molar-refractivity contribution < 1.29 is 14.3 Å². The molecule has 2 aliphatic heterocycles. The average Bonchev–Trinajstić information content (AvgIpc) is 2.73. The quantitative estimate of drug-likeness (QED) is 0.727. The van der Waals surface area contributed by atoms with Gasteiger partial charge >= 0.3 is 0 Å². The molecule has 0 aliphatic carbocycles. The van der Waals surface area contributed by atoms with Crippen LogP contribution >= 0.6 is 0 Å². The summed E-state index contributed by atoms with van der Waals surface area (Å²) in [5.74, 6) is -0.252. The standard InChI is InChI=1S/C11H20N2O3/c1-2-10(14)13-5-3-11(4-6-13)15-8-9(7-12)16-11/h9H,2-8,12H2,1H3. The van der Waals surface area contributed by atoms with Gasteiger partial charge in [-0.15, -0.1) is 0 Å². The Morgan fingerprint density at radius 1 is 1.50 bits per heavy atom. The Morgan fingerprint density at radius 3 is 2.69 bits per heavy atom. The fraction of sp³-hybridized carbons (Fsp3) is 0.909. The summed E-state index contributed by atoms with van der Waals surface area (Å²) in [6.07, 6.45) is 2.11. The molecule has 0 radical (unpaired) electrons. The summed E-state index contributed by atoms with van der Waals surface area (Å²) in [6.45, 7) is 4.42. The highest BCUT2D eigenvalue weighted by atomic mass is 16.7. The van der Waals surface area contributed by atoms with Gasteiger partial charge < -0.3 is 20.1 Å². The molecule has 2 N–H and O–H groups in total. The van der Waals surface area contributed by atoms with Crippen molar-refractivity contribution in [1.82, 2.24) is 4.90 Å². The molecule has 0 aromatic rings. The molecule has 1 unspecified atom stereocenters. The van der Waals surface area contributed by atoms with E-state index in [1.165, 1.54) is 0 Å². The molecule has 16 heavy (non-hydrogen) atoms. The zero-order valence-electron chi connectivity index (χ0n) is 9.78. The van der Waals surface area contributed by atoms with Crippen LogP contribution in [0.5, 0.6) is 0 Å². The number of hydrogen-bond donors (Lipinski definition) is 1. The molecule has 0 saturated carbocycles. The fourth-order valence-electron chi connectivity index (χ4n) is 2.32. The molecule has 0 bridgehead atoms. The molecule has 5 nitrogen and oxygen atoms in total. The second-order valence-electron chi connectivity index (χ2n) is 4.43.